The van der Waals surface area contributed by atoms with Gasteiger partial charge in [-0.15, -0.1) is 11.3 Å². The summed E-state index contributed by atoms with van der Waals surface area (Å²) in [6.45, 7) is 2.52. The van der Waals surface area contributed by atoms with Gasteiger partial charge in [-0.2, -0.15) is 0 Å². The van der Waals surface area contributed by atoms with E-state index in [-0.39, 0.29) is 25.0 Å². The zero-order chi connectivity index (χ0) is 14.5. The molecule has 0 saturated heterocycles. The van der Waals surface area contributed by atoms with Crippen molar-refractivity contribution in [3.05, 3.63) is 23.2 Å². The van der Waals surface area contributed by atoms with Crippen molar-refractivity contribution in [1.29, 1.82) is 0 Å². The lowest BCUT2D eigenvalue weighted by atomic mass is 10.2. The maximum absolute atomic E-state index is 11.6. The van der Waals surface area contributed by atoms with Gasteiger partial charge in [0.05, 0.1) is 29.7 Å². The lowest BCUT2D eigenvalue weighted by Crippen LogP contribution is -2.05. The summed E-state index contributed by atoms with van der Waals surface area (Å²) < 4.78 is 6.39. The number of carbonyl (C=O) groups excluding carboxylic acids is 1. The number of fused-ring (bicyclic) bond motifs is 1. The van der Waals surface area contributed by atoms with Crippen molar-refractivity contribution >= 4 is 33.3 Å². The van der Waals surface area contributed by atoms with Crippen LogP contribution in [0.25, 0.3) is 10.2 Å². The highest BCUT2D eigenvalue weighted by molar-refractivity contribution is 7.18. The second-order valence-corrected chi connectivity index (χ2v) is 5.39. The number of thiazole rings is 1. The Balaban J connectivity index is 2.07. The fourth-order valence-electron chi connectivity index (χ4n) is 1.79. The molecule has 0 radical (unpaired) electrons. The number of rotatable bonds is 7. The summed E-state index contributed by atoms with van der Waals surface area (Å²) in [5, 5.41) is 9.26. The molecule has 0 bridgehead atoms. The minimum absolute atomic E-state index is 0.0510. The monoisotopic (exact) mass is 293 g/mol. The molecule has 1 heterocycles. The Morgan fingerprint density at radius 2 is 2.15 bits per heavy atom. The fourth-order valence-corrected chi connectivity index (χ4v) is 2.81. The van der Waals surface area contributed by atoms with Gasteiger partial charge >= 0.3 is 5.97 Å². The number of carboxylic acids is 1. The molecule has 0 saturated carbocycles. The average Bonchev–Trinajstić information content (AvgIpc) is 2.78. The number of aliphatic carboxylic acids is 1. The highest BCUT2D eigenvalue weighted by Crippen LogP contribution is 2.27. The van der Waals surface area contributed by atoms with Gasteiger partial charge in [0.1, 0.15) is 16.5 Å². The van der Waals surface area contributed by atoms with Crippen LogP contribution in [-0.4, -0.2) is 28.4 Å². The van der Waals surface area contributed by atoms with Crippen LogP contribution in [0.4, 0.5) is 0 Å². The van der Waals surface area contributed by atoms with E-state index in [2.05, 4.69) is 4.98 Å². The smallest absolute Gasteiger partial charge is 0.303 e. The molecule has 2 rings (SSSR count). The summed E-state index contributed by atoms with van der Waals surface area (Å²) in [5.41, 5.74) is 0.833. The molecule has 1 aromatic heterocycles. The number of hydrogen-bond donors (Lipinski definition) is 1. The van der Waals surface area contributed by atoms with E-state index in [1.807, 2.05) is 25.1 Å². The number of carbonyl (C=O) groups is 2. The Bertz CT molecular complexity index is 635. The van der Waals surface area contributed by atoms with Crippen LogP contribution in [0.3, 0.4) is 0 Å². The number of benzene rings is 1. The van der Waals surface area contributed by atoms with Gasteiger partial charge in [-0.25, -0.2) is 4.98 Å². The van der Waals surface area contributed by atoms with E-state index in [4.69, 9.17) is 9.84 Å². The third-order valence-corrected chi connectivity index (χ3v) is 3.70. The van der Waals surface area contributed by atoms with Crippen LogP contribution < -0.4 is 4.74 Å². The lowest BCUT2D eigenvalue weighted by molar-refractivity contribution is -0.138. The van der Waals surface area contributed by atoms with Gasteiger partial charge in [0.2, 0.25) is 0 Å². The van der Waals surface area contributed by atoms with Crippen LogP contribution in [0, 0.1) is 0 Å². The minimum atomic E-state index is -0.955. The molecule has 106 valence electrons. The van der Waals surface area contributed by atoms with E-state index in [9.17, 15) is 9.59 Å². The Hall–Kier alpha value is -1.95. The van der Waals surface area contributed by atoms with Crippen LogP contribution in [0.5, 0.6) is 5.75 Å². The first kappa shape index (κ1) is 14.5. The summed E-state index contributed by atoms with van der Waals surface area (Å²) in [5.74, 6) is -0.270. The van der Waals surface area contributed by atoms with Crippen molar-refractivity contribution in [2.45, 2.75) is 26.2 Å². The number of Topliss-reactive ketones (excluding diaryl/α,β-unsaturated/α-hetero) is 1. The Morgan fingerprint density at radius 3 is 2.85 bits per heavy atom. The molecular weight excluding hydrogens is 278 g/mol. The van der Waals surface area contributed by atoms with Gasteiger partial charge < -0.3 is 9.84 Å². The van der Waals surface area contributed by atoms with Gasteiger partial charge in [-0.1, -0.05) is 0 Å². The fraction of sp³-hybridized carbons (Fsp3) is 0.357. The topological polar surface area (TPSA) is 76.5 Å². The van der Waals surface area contributed by atoms with E-state index >= 15 is 0 Å². The van der Waals surface area contributed by atoms with Crippen molar-refractivity contribution < 1.29 is 19.4 Å². The SMILES string of the molecule is CCOc1ccc2nc(CC(=O)CCC(=O)O)sc2c1. The van der Waals surface area contributed by atoms with E-state index < -0.39 is 5.97 Å². The van der Waals surface area contributed by atoms with Gasteiger partial charge in [0.15, 0.2) is 0 Å². The molecule has 6 heteroatoms. The number of nitrogens with zero attached hydrogens (tertiary/aromatic N) is 1. The first-order chi connectivity index (χ1) is 9.58. The molecule has 0 aliphatic carbocycles. The van der Waals surface area contributed by atoms with Gasteiger partial charge in [0, 0.05) is 6.42 Å². The van der Waals surface area contributed by atoms with Crippen molar-refractivity contribution in [2.75, 3.05) is 6.61 Å². The molecule has 0 atom stereocenters. The zero-order valence-electron chi connectivity index (χ0n) is 11.1. The average molecular weight is 293 g/mol. The molecule has 0 spiro atoms. The van der Waals surface area contributed by atoms with Crippen LogP contribution in [0.1, 0.15) is 24.8 Å². The number of ketones is 1. The summed E-state index contributed by atoms with van der Waals surface area (Å²) >= 11 is 1.44. The zero-order valence-corrected chi connectivity index (χ0v) is 11.9. The van der Waals surface area contributed by atoms with Crippen molar-refractivity contribution in [2.24, 2.45) is 0 Å². The second kappa shape index (κ2) is 6.47. The molecule has 0 fully saturated rings. The molecule has 0 aliphatic heterocycles. The highest BCUT2D eigenvalue weighted by Gasteiger charge is 2.11. The van der Waals surface area contributed by atoms with Crippen LogP contribution in [0.2, 0.25) is 0 Å². The standard InChI is InChI=1S/C14H15NO4S/c1-2-19-10-4-5-11-12(8-10)20-13(15-11)7-9(16)3-6-14(17)18/h4-5,8H,2-3,6-7H2,1H3,(H,17,18). The predicted octanol–water partition coefficient (Wildman–Crippen LogP) is 2.67. The maximum atomic E-state index is 11.6. The first-order valence-electron chi connectivity index (χ1n) is 6.34. The van der Waals surface area contributed by atoms with Crippen molar-refractivity contribution in [3.8, 4) is 5.75 Å². The summed E-state index contributed by atoms with van der Waals surface area (Å²) in [6.07, 6.45) is 0.115. The molecule has 1 N–H and O–H groups in total. The first-order valence-corrected chi connectivity index (χ1v) is 7.16. The molecule has 20 heavy (non-hydrogen) atoms. The summed E-state index contributed by atoms with van der Waals surface area (Å²) in [7, 11) is 0. The predicted molar refractivity (Wildman–Crippen MR) is 76.4 cm³/mol. The Labute approximate surface area is 120 Å². The summed E-state index contributed by atoms with van der Waals surface area (Å²) in [6, 6.07) is 5.62. The number of hydrogen-bond acceptors (Lipinski definition) is 5. The Kier molecular flexibility index (Phi) is 4.68. The van der Waals surface area contributed by atoms with E-state index in [1.54, 1.807) is 0 Å². The van der Waals surface area contributed by atoms with E-state index in [0.29, 0.717) is 11.6 Å². The molecule has 1 aromatic carbocycles. The molecule has 0 unspecified atom stereocenters. The van der Waals surface area contributed by atoms with Gasteiger partial charge in [-0.05, 0) is 25.1 Å². The number of aromatic nitrogens is 1. The summed E-state index contributed by atoms with van der Waals surface area (Å²) in [4.78, 5) is 26.4. The number of carboxylic acid groups (broad SMARTS) is 1. The molecular formula is C14H15NO4S. The second-order valence-electron chi connectivity index (χ2n) is 4.28. The molecule has 0 amide bonds. The van der Waals surface area contributed by atoms with E-state index in [1.165, 1.54) is 11.3 Å². The number of ether oxygens (including phenoxy) is 1. The third kappa shape index (κ3) is 3.77. The van der Waals surface area contributed by atoms with E-state index in [0.717, 1.165) is 16.0 Å². The van der Waals surface area contributed by atoms with Crippen molar-refractivity contribution in [3.63, 3.8) is 0 Å². The molecule has 5 nitrogen and oxygen atoms in total. The van der Waals surface area contributed by atoms with Crippen LogP contribution in [0.15, 0.2) is 18.2 Å². The minimum Gasteiger partial charge on any atom is -0.494 e. The van der Waals surface area contributed by atoms with Gasteiger partial charge in [0.25, 0.3) is 0 Å². The van der Waals surface area contributed by atoms with Crippen LogP contribution in [-0.2, 0) is 16.0 Å². The van der Waals surface area contributed by atoms with Crippen LogP contribution >= 0.6 is 11.3 Å². The lowest BCUT2D eigenvalue weighted by Gasteiger charge is -2.00. The van der Waals surface area contributed by atoms with Gasteiger partial charge in [-0.3, -0.25) is 9.59 Å². The quantitative estimate of drug-likeness (QED) is 0.849. The highest BCUT2D eigenvalue weighted by atomic mass is 32.1. The Morgan fingerprint density at radius 1 is 1.35 bits per heavy atom. The molecule has 0 aliphatic rings. The maximum Gasteiger partial charge on any atom is 0.303 e. The normalized spacial score (nSPS) is 10.7. The third-order valence-electron chi connectivity index (χ3n) is 2.68. The largest absolute Gasteiger partial charge is 0.494 e. The molecule has 2 aromatic rings. The van der Waals surface area contributed by atoms with Crippen molar-refractivity contribution in [1.82, 2.24) is 4.98 Å².